The summed E-state index contributed by atoms with van der Waals surface area (Å²) in [5, 5.41) is 3.29. The van der Waals surface area contributed by atoms with Crippen molar-refractivity contribution >= 4 is 64.0 Å². The van der Waals surface area contributed by atoms with Gasteiger partial charge >= 0.3 is 5.97 Å². The lowest BCUT2D eigenvalue weighted by Gasteiger charge is -2.16. The Balaban J connectivity index is 1.47. The van der Waals surface area contributed by atoms with Gasteiger partial charge in [0.25, 0.3) is 5.91 Å². The Morgan fingerprint density at radius 1 is 1.03 bits per heavy atom. The fourth-order valence-electron chi connectivity index (χ4n) is 2.81. The van der Waals surface area contributed by atoms with Gasteiger partial charge in [0.1, 0.15) is 5.75 Å². The Morgan fingerprint density at radius 2 is 1.80 bits per heavy atom. The van der Waals surface area contributed by atoms with Gasteiger partial charge in [-0.2, -0.15) is 0 Å². The zero-order valence-corrected chi connectivity index (χ0v) is 17.9. The first kappa shape index (κ1) is 22.2. The first-order chi connectivity index (χ1) is 14.3. The maximum atomic E-state index is 12.1. The van der Waals surface area contributed by atoms with Crippen LogP contribution in [0.5, 0.6) is 5.75 Å². The van der Waals surface area contributed by atoms with Crippen molar-refractivity contribution in [2.45, 2.75) is 12.8 Å². The second kappa shape index (κ2) is 10.0. The summed E-state index contributed by atoms with van der Waals surface area (Å²) in [7, 11) is 0. The van der Waals surface area contributed by atoms with E-state index >= 15 is 0 Å². The van der Waals surface area contributed by atoms with E-state index in [1.54, 1.807) is 29.2 Å². The van der Waals surface area contributed by atoms with Crippen molar-refractivity contribution in [2.24, 2.45) is 0 Å². The van der Waals surface area contributed by atoms with Crippen LogP contribution in [0.15, 0.2) is 36.4 Å². The summed E-state index contributed by atoms with van der Waals surface area (Å²) in [6, 6.07) is 9.67. The summed E-state index contributed by atoms with van der Waals surface area (Å²) in [5.74, 6) is -1.07. The van der Waals surface area contributed by atoms with E-state index in [9.17, 15) is 14.4 Å². The van der Waals surface area contributed by atoms with Gasteiger partial charge in [0, 0.05) is 30.4 Å². The van der Waals surface area contributed by atoms with Crippen molar-refractivity contribution in [1.29, 1.82) is 0 Å². The number of nitrogens with zero attached hydrogens (tertiary/aromatic N) is 1. The summed E-state index contributed by atoms with van der Waals surface area (Å²) >= 11 is 17.7. The number of amides is 2. The van der Waals surface area contributed by atoms with E-state index in [-0.39, 0.29) is 26.7 Å². The fraction of sp³-hybridized carbons (Fsp3) is 0.250. The van der Waals surface area contributed by atoms with Crippen LogP contribution in [0.4, 0.5) is 11.4 Å². The summed E-state index contributed by atoms with van der Waals surface area (Å²) in [6.07, 6.45) is 1.32. The van der Waals surface area contributed by atoms with Crippen molar-refractivity contribution < 1.29 is 23.9 Å². The van der Waals surface area contributed by atoms with Crippen LogP contribution in [-0.4, -0.2) is 37.5 Å². The highest BCUT2D eigenvalue weighted by Gasteiger charge is 2.22. The molecule has 1 aliphatic heterocycles. The fourth-order valence-corrected chi connectivity index (χ4v) is 3.40. The molecule has 1 fully saturated rings. The highest BCUT2D eigenvalue weighted by atomic mass is 35.5. The topological polar surface area (TPSA) is 84.9 Å². The molecule has 2 aromatic rings. The average Bonchev–Trinajstić information content (AvgIpc) is 3.14. The van der Waals surface area contributed by atoms with Gasteiger partial charge < -0.3 is 19.7 Å². The molecule has 1 saturated heterocycles. The maximum absolute atomic E-state index is 12.1. The van der Waals surface area contributed by atoms with E-state index in [0.717, 1.165) is 6.42 Å². The summed E-state index contributed by atoms with van der Waals surface area (Å²) in [5.41, 5.74) is 1.20. The molecule has 0 spiro atoms. The smallest absolute Gasteiger partial charge is 0.344 e. The molecule has 0 bridgehead atoms. The molecule has 2 aromatic carbocycles. The van der Waals surface area contributed by atoms with Crippen molar-refractivity contribution in [1.82, 2.24) is 0 Å². The molecular weight excluding hydrogens is 455 g/mol. The van der Waals surface area contributed by atoms with Crippen molar-refractivity contribution in [2.75, 3.05) is 30.0 Å². The molecule has 0 saturated carbocycles. The van der Waals surface area contributed by atoms with Crippen LogP contribution in [-0.2, 0) is 19.1 Å². The van der Waals surface area contributed by atoms with Gasteiger partial charge in [-0.1, -0.05) is 40.9 Å². The number of esters is 1. The maximum Gasteiger partial charge on any atom is 0.344 e. The van der Waals surface area contributed by atoms with Gasteiger partial charge in [0.15, 0.2) is 13.2 Å². The number of nitrogens with one attached hydrogen (secondary N) is 1. The predicted octanol–water partition coefficient (Wildman–Crippen LogP) is 4.33. The van der Waals surface area contributed by atoms with Gasteiger partial charge in [-0.25, -0.2) is 4.79 Å². The largest absolute Gasteiger partial charge is 0.480 e. The minimum atomic E-state index is -0.760. The highest BCUT2D eigenvalue weighted by Crippen LogP contribution is 2.33. The third kappa shape index (κ3) is 5.78. The predicted molar refractivity (Wildman–Crippen MR) is 115 cm³/mol. The molecule has 1 N–H and O–H groups in total. The molecule has 158 valence electrons. The number of hydrogen-bond donors (Lipinski definition) is 1. The number of hydrogen-bond acceptors (Lipinski definition) is 5. The molecule has 0 radical (unpaired) electrons. The lowest BCUT2D eigenvalue weighted by Crippen LogP contribution is -2.25. The number of carbonyl (C=O) groups is 3. The van der Waals surface area contributed by atoms with Crippen LogP contribution in [0.3, 0.4) is 0 Å². The molecule has 7 nitrogen and oxygen atoms in total. The van der Waals surface area contributed by atoms with Gasteiger partial charge in [-0.05, 0) is 30.7 Å². The minimum Gasteiger partial charge on any atom is -0.480 e. The molecule has 30 heavy (non-hydrogen) atoms. The first-order valence-electron chi connectivity index (χ1n) is 8.97. The van der Waals surface area contributed by atoms with Crippen molar-refractivity contribution in [3.05, 3.63) is 51.5 Å². The van der Waals surface area contributed by atoms with E-state index in [0.29, 0.717) is 24.3 Å². The van der Waals surface area contributed by atoms with Crippen molar-refractivity contribution in [3.63, 3.8) is 0 Å². The van der Waals surface area contributed by atoms with Gasteiger partial charge in [0.05, 0.1) is 15.1 Å². The SMILES string of the molecule is O=C(COC(=O)COc1cc(Cl)c(Cl)cc1Cl)Nc1cccc(N2CCCC2=O)c1. The standard InChI is InChI=1S/C20H17Cl3N2O5/c21-14-8-16(23)17(9-15(14)22)29-11-20(28)30-10-18(26)24-12-3-1-4-13(7-12)25-6-2-5-19(25)27/h1,3-4,7-9H,2,5-6,10-11H2,(H,24,26). The molecule has 1 heterocycles. The number of benzene rings is 2. The molecule has 0 unspecified atom stereocenters. The molecule has 3 rings (SSSR count). The van der Waals surface area contributed by atoms with Crippen LogP contribution in [0, 0.1) is 0 Å². The lowest BCUT2D eigenvalue weighted by molar-refractivity contribution is -0.149. The zero-order chi connectivity index (χ0) is 21.7. The molecule has 0 aliphatic carbocycles. The zero-order valence-electron chi connectivity index (χ0n) is 15.6. The normalized spacial score (nSPS) is 13.3. The Morgan fingerprint density at radius 3 is 2.53 bits per heavy atom. The minimum absolute atomic E-state index is 0.0504. The average molecular weight is 472 g/mol. The number of halogens is 3. The Bertz CT molecular complexity index is 983. The second-order valence-corrected chi connectivity index (χ2v) is 7.62. The molecule has 1 aliphatic rings. The van der Waals surface area contributed by atoms with Crippen molar-refractivity contribution in [3.8, 4) is 5.75 Å². The number of carbonyl (C=O) groups excluding carboxylic acids is 3. The first-order valence-corrected chi connectivity index (χ1v) is 10.1. The van der Waals surface area contributed by atoms with Crippen LogP contribution >= 0.6 is 34.8 Å². The second-order valence-electron chi connectivity index (χ2n) is 6.39. The van der Waals surface area contributed by atoms with Crippen LogP contribution in [0.25, 0.3) is 0 Å². The molecule has 10 heteroatoms. The molecular formula is C20H17Cl3N2O5. The van der Waals surface area contributed by atoms with E-state index in [1.807, 2.05) is 0 Å². The third-order valence-electron chi connectivity index (χ3n) is 4.20. The van der Waals surface area contributed by atoms with E-state index in [4.69, 9.17) is 44.3 Å². The quantitative estimate of drug-likeness (QED) is 0.480. The van der Waals surface area contributed by atoms with Crippen LogP contribution in [0.2, 0.25) is 15.1 Å². The monoisotopic (exact) mass is 470 g/mol. The third-order valence-corrected chi connectivity index (χ3v) is 5.22. The molecule has 2 amide bonds. The molecule has 0 atom stereocenters. The van der Waals surface area contributed by atoms with Crippen LogP contribution < -0.4 is 15.0 Å². The van der Waals surface area contributed by atoms with Crippen LogP contribution in [0.1, 0.15) is 12.8 Å². The number of rotatable bonds is 7. The van der Waals surface area contributed by atoms with E-state index in [2.05, 4.69) is 5.32 Å². The highest BCUT2D eigenvalue weighted by molar-refractivity contribution is 6.43. The summed E-state index contributed by atoms with van der Waals surface area (Å²) in [4.78, 5) is 37.4. The van der Waals surface area contributed by atoms with Gasteiger partial charge in [0.2, 0.25) is 5.91 Å². The van der Waals surface area contributed by atoms with E-state index in [1.165, 1.54) is 12.1 Å². The Kier molecular flexibility index (Phi) is 7.42. The number of ether oxygens (including phenoxy) is 2. The van der Waals surface area contributed by atoms with E-state index < -0.39 is 25.1 Å². The number of anilines is 2. The summed E-state index contributed by atoms with van der Waals surface area (Å²) in [6.45, 7) is -0.307. The lowest BCUT2D eigenvalue weighted by atomic mass is 10.2. The summed E-state index contributed by atoms with van der Waals surface area (Å²) < 4.78 is 10.1. The van der Waals surface area contributed by atoms with Gasteiger partial charge in [-0.15, -0.1) is 0 Å². The molecule has 0 aromatic heterocycles. The Hall–Kier alpha value is -2.48. The Labute approximate surface area is 187 Å². The van der Waals surface area contributed by atoms with Gasteiger partial charge in [-0.3, -0.25) is 9.59 Å².